The van der Waals surface area contributed by atoms with Crippen LogP contribution in [0, 0.1) is 5.82 Å². The van der Waals surface area contributed by atoms with Gasteiger partial charge in [-0.1, -0.05) is 28.1 Å². The first-order chi connectivity index (χ1) is 9.19. The van der Waals surface area contributed by atoms with E-state index in [9.17, 15) is 4.39 Å². The van der Waals surface area contributed by atoms with Gasteiger partial charge >= 0.3 is 0 Å². The predicted octanol–water partition coefficient (Wildman–Crippen LogP) is 3.74. The van der Waals surface area contributed by atoms with Crippen molar-refractivity contribution in [2.75, 3.05) is 11.9 Å². The summed E-state index contributed by atoms with van der Waals surface area (Å²) in [6, 6.07) is 12.5. The first-order valence-electron chi connectivity index (χ1n) is 6.06. The molecule has 0 saturated carbocycles. The van der Waals surface area contributed by atoms with Gasteiger partial charge in [-0.2, -0.15) is 0 Å². The highest BCUT2D eigenvalue weighted by Crippen LogP contribution is 2.19. The van der Waals surface area contributed by atoms with Crippen molar-refractivity contribution in [3.63, 3.8) is 0 Å². The molecule has 100 valence electrons. The van der Waals surface area contributed by atoms with Crippen molar-refractivity contribution in [3.8, 4) is 0 Å². The summed E-state index contributed by atoms with van der Waals surface area (Å²) in [6.45, 7) is 0.709. The van der Waals surface area contributed by atoms with Crippen molar-refractivity contribution >= 4 is 21.6 Å². The van der Waals surface area contributed by atoms with Crippen LogP contribution in [0.2, 0.25) is 0 Å². The number of rotatable bonds is 5. The Balaban J connectivity index is 2.00. The van der Waals surface area contributed by atoms with Crippen molar-refractivity contribution in [1.82, 2.24) is 0 Å². The number of anilines is 1. The van der Waals surface area contributed by atoms with Crippen LogP contribution in [0.15, 0.2) is 46.9 Å². The fourth-order valence-corrected chi connectivity index (χ4v) is 2.18. The van der Waals surface area contributed by atoms with Gasteiger partial charge in [-0.05, 0) is 47.9 Å². The maximum absolute atomic E-state index is 13.1. The normalized spacial score (nSPS) is 10.5. The van der Waals surface area contributed by atoms with Gasteiger partial charge in [-0.15, -0.1) is 0 Å². The van der Waals surface area contributed by atoms with Gasteiger partial charge in [0, 0.05) is 23.3 Å². The van der Waals surface area contributed by atoms with E-state index in [1.54, 1.807) is 6.07 Å². The first-order valence-corrected chi connectivity index (χ1v) is 6.86. The molecule has 0 heterocycles. The lowest BCUT2D eigenvalue weighted by Crippen LogP contribution is -2.01. The number of hydrogen-bond acceptors (Lipinski definition) is 2. The predicted molar refractivity (Wildman–Crippen MR) is 78.7 cm³/mol. The number of halogens is 2. The third-order valence-electron chi connectivity index (χ3n) is 2.85. The molecule has 0 aliphatic carbocycles. The monoisotopic (exact) mass is 323 g/mol. The average Bonchev–Trinajstić information content (AvgIpc) is 2.42. The van der Waals surface area contributed by atoms with Crippen LogP contribution in [0.5, 0.6) is 0 Å². The summed E-state index contributed by atoms with van der Waals surface area (Å²) in [7, 11) is 0. The van der Waals surface area contributed by atoms with Gasteiger partial charge in [0.25, 0.3) is 0 Å². The van der Waals surface area contributed by atoms with E-state index in [1.807, 2.05) is 24.3 Å². The van der Waals surface area contributed by atoms with Gasteiger partial charge in [-0.3, -0.25) is 0 Å². The molecule has 0 fully saturated rings. The van der Waals surface area contributed by atoms with Crippen LogP contribution in [-0.4, -0.2) is 11.7 Å². The summed E-state index contributed by atoms with van der Waals surface area (Å²) in [6.07, 6.45) is 0.662. The third-order valence-corrected chi connectivity index (χ3v) is 3.62. The molecule has 2 rings (SSSR count). The smallest absolute Gasteiger partial charge is 0.123 e. The summed E-state index contributed by atoms with van der Waals surface area (Å²) in [5.41, 5.74) is 2.94. The second kappa shape index (κ2) is 6.68. The minimum atomic E-state index is -0.238. The Labute approximate surface area is 120 Å². The SMILES string of the molecule is OCCc1ccc(NCc2cc(F)ccc2Br)cc1. The minimum Gasteiger partial charge on any atom is -0.396 e. The number of aliphatic hydroxyl groups is 1. The van der Waals surface area contributed by atoms with Gasteiger partial charge in [0.1, 0.15) is 5.82 Å². The molecule has 0 unspecified atom stereocenters. The molecular formula is C15H15BrFNO. The quantitative estimate of drug-likeness (QED) is 0.878. The van der Waals surface area contributed by atoms with Gasteiger partial charge in [0.05, 0.1) is 0 Å². The fourth-order valence-electron chi connectivity index (χ4n) is 1.79. The Hall–Kier alpha value is -1.39. The second-order valence-electron chi connectivity index (χ2n) is 4.26. The van der Waals surface area contributed by atoms with Crippen molar-refractivity contribution in [2.24, 2.45) is 0 Å². The van der Waals surface area contributed by atoms with Crippen LogP contribution in [-0.2, 0) is 13.0 Å². The molecule has 0 atom stereocenters. The zero-order valence-corrected chi connectivity index (χ0v) is 12.0. The maximum Gasteiger partial charge on any atom is 0.123 e. The highest BCUT2D eigenvalue weighted by Gasteiger charge is 2.02. The number of aliphatic hydroxyl groups excluding tert-OH is 1. The van der Waals surface area contributed by atoms with Crippen LogP contribution in [0.1, 0.15) is 11.1 Å². The van der Waals surface area contributed by atoms with Crippen molar-refractivity contribution in [3.05, 3.63) is 63.9 Å². The molecule has 2 aromatic carbocycles. The standard InChI is InChI=1S/C15H15BrFNO/c16-15-6-3-13(17)9-12(15)10-18-14-4-1-11(2-5-14)7-8-19/h1-6,9,18-19H,7-8,10H2. The second-order valence-corrected chi connectivity index (χ2v) is 5.11. The van der Waals surface area contributed by atoms with E-state index in [0.717, 1.165) is 21.3 Å². The average molecular weight is 324 g/mol. The molecule has 4 heteroatoms. The molecule has 2 nitrogen and oxygen atoms in total. The molecule has 0 amide bonds. The molecule has 0 spiro atoms. The summed E-state index contributed by atoms with van der Waals surface area (Å²) in [4.78, 5) is 0. The minimum absolute atomic E-state index is 0.156. The molecule has 0 saturated heterocycles. The fraction of sp³-hybridized carbons (Fsp3) is 0.200. The van der Waals surface area contributed by atoms with Crippen LogP contribution in [0.3, 0.4) is 0 Å². The van der Waals surface area contributed by atoms with Crippen LogP contribution < -0.4 is 5.32 Å². The lowest BCUT2D eigenvalue weighted by molar-refractivity contribution is 0.299. The van der Waals surface area contributed by atoms with Gasteiger partial charge in [0.2, 0.25) is 0 Å². The zero-order chi connectivity index (χ0) is 13.7. The maximum atomic E-state index is 13.1. The third kappa shape index (κ3) is 4.04. The number of nitrogens with one attached hydrogen (secondary N) is 1. The van der Waals surface area contributed by atoms with E-state index in [4.69, 9.17) is 5.11 Å². The van der Waals surface area contributed by atoms with E-state index >= 15 is 0 Å². The summed E-state index contributed by atoms with van der Waals surface area (Å²) >= 11 is 3.40. The largest absolute Gasteiger partial charge is 0.396 e. The number of benzene rings is 2. The Morgan fingerprint density at radius 2 is 1.84 bits per heavy atom. The molecule has 0 radical (unpaired) electrons. The molecule has 0 aliphatic heterocycles. The summed E-state index contributed by atoms with van der Waals surface area (Å²) in [5.74, 6) is -0.238. The lowest BCUT2D eigenvalue weighted by Gasteiger charge is -2.09. The van der Waals surface area contributed by atoms with E-state index in [2.05, 4.69) is 21.2 Å². The Bertz CT molecular complexity index is 542. The lowest BCUT2D eigenvalue weighted by atomic mass is 10.1. The molecule has 19 heavy (non-hydrogen) atoms. The van der Waals surface area contributed by atoms with Gasteiger partial charge in [0.15, 0.2) is 0 Å². The molecule has 2 N–H and O–H groups in total. The molecule has 0 bridgehead atoms. The van der Waals surface area contributed by atoms with Crippen LogP contribution in [0.4, 0.5) is 10.1 Å². The Morgan fingerprint density at radius 3 is 2.53 bits per heavy atom. The van der Waals surface area contributed by atoms with Gasteiger partial charge < -0.3 is 10.4 Å². The summed E-state index contributed by atoms with van der Waals surface area (Å²) in [5, 5.41) is 12.1. The highest BCUT2D eigenvalue weighted by molar-refractivity contribution is 9.10. The van der Waals surface area contributed by atoms with Crippen molar-refractivity contribution in [2.45, 2.75) is 13.0 Å². The van der Waals surface area contributed by atoms with Crippen LogP contribution >= 0.6 is 15.9 Å². The molecule has 2 aromatic rings. The van der Waals surface area contributed by atoms with Gasteiger partial charge in [-0.25, -0.2) is 4.39 Å². The Morgan fingerprint density at radius 1 is 1.11 bits per heavy atom. The van der Waals surface area contributed by atoms with E-state index in [1.165, 1.54) is 12.1 Å². The van der Waals surface area contributed by atoms with E-state index < -0.39 is 0 Å². The van der Waals surface area contributed by atoms with E-state index in [0.29, 0.717) is 13.0 Å². The topological polar surface area (TPSA) is 32.3 Å². The highest BCUT2D eigenvalue weighted by atomic mass is 79.9. The molecule has 0 aliphatic rings. The van der Waals surface area contributed by atoms with Crippen molar-refractivity contribution in [1.29, 1.82) is 0 Å². The number of hydrogen-bond donors (Lipinski definition) is 2. The molecular weight excluding hydrogens is 309 g/mol. The zero-order valence-electron chi connectivity index (χ0n) is 10.4. The summed E-state index contributed by atoms with van der Waals surface area (Å²) < 4.78 is 14.0. The van der Waals surface area contributed by atoms with Crippen LogP contribution in [0.25, 0.3) is 0 Å². The van der Waals surface area contributed by atoms with Crippen molar-refractivity contribution < 1.29 is 9.50 Å². The first kappa shape index (κ1) is 14.0. The molecule has 0 aromatic heterocycles. The van der Waals surface area contributed by atoms with E-state index in [-0.39, 0.29) is 12.4 Å². The Kier molecular flexibility index (Phi) is 4.93.